The Labute approximate surface area is 339 Å². The molecular weight excluding hydrogens is 766 g/mol. The van der Waals surface area contributed by atoms with E-state index in [1.165, 1.54) is 24.3 Å². The number of carbonyl (C=O) groups excluding carboxylic acids is 2. The third kappa shape index (κ3) is 7.84. The van der Waals surface area contributed by atoms with Gasteiger partial charge in [-0.2, -0.15) is 13.2 Å². The van der Waals surface area contributed by atoms with E-state index in [1.54, 1.807) is 24.8 Å². The van der Waals surface area contributed by atoms with Crippen molar-refractivity contribution in [2.45, 2.75) is 41.6 Å². The lowest BCUT2D eigenvalue weighted by Crippen LogP contribution is -2.55. The van der Waals surface area contributed by atoms with Gasteiger partial charge in [-0.05, 0) is 95.7 Å². The number of benzene rings is 1. The third-order valence-corrected chi connectivity index (χ3v) is 12.2. The number of hydrogen-bond donors (Lipinski definition) is 1. The van der Waals surface area contributed by atoms with Crippen molar-refractivity contribution in [3.63, 3.8) is 0 Å². The zero-order valence-corrected chi connectivity index (χ0v) is 32.9. The lowest BCUT2D eigenvalue weighted by atomic mass is 9.70. The Bertz CT molecular complexity index is 2110. The van der Waals surface area contributed by atoms with Gasteiger partial charge in [0.1, 0.15) is 28.8 Å². The van der Waals surface area contributed by atoms with Crippen molar-refractivity contribution in [1.82, 2.24) is 25.3 Å². The number of carbonyl (C=O) groups is 2. The molecule has 2 unspecified atom stereocenters. The number of alkyl halides is 3. The Hall–Kier alpha value is -5.90. The van der Waals surface area contributed by atoms with Crippen LogP contribution in [0.15, 0.2) is 115 Å². The molecule has 1 N–H and O–H groups in total. The zero-order chi connectivity index (χ0) is 40.4. The van der Waals surface area contributed by atoms with E-state index in [9.17, 15) is 18.0 Å². The van der Waals surface area contributed by atoms with Crippen LogP contribution >= 0.6 is 11.8 Å². The lowest BCUT2D eigenvalue weighted by Gasteiger charge is -2.40. The molecule has 7 heterocycles. The van der Waals surface area contributed by atoms with Crippen LogP contribution in [0.5, 0.6) is 0 Å². The van der Waals surface area contributed by atoms with Crippen LogP contribution in [0.1, 0.15) is 36.8 Å². The number of anilines is 5. The van der Waals surface area contributed by atoms with Crippen LogP contribution in [-0.2, 0) is 4.79 Å². The van der Waals surface area contributed by atoms with Gasteiger partial charge in [0.25, 0.3) is 5.91 Å². The number of amides is 3. The molecule has 0 saturated carbocycles. The molecule has 3 amide bonds. The van der Waals surface area contributed by atoms with Crippen molar-refractivity contribution in [1.29, 1.82) is 0 Å². The molecule has 12 nitrogen and oxygen atoms in total. The fraction of sp³-hybridized carbons (Fsp3) is 0.333. The van der Waals surface area contributed by atoms with E-state index in [4.69, 9.17) is 9.97 Å². The van der Waals surface area contributed by atoms with Gasteiger partial charge in [-0.25, -0.2) is 29.6 Å². The van der Waals surface area contributed by atoms with E-state index in [0.717, 1.165) is 65.5 Å². The average molecular weight is 809 g/mol. The summed E-state index contributed by atoms with van der Waals surface area (Å²) in [5.41, 5.74) is -4.19. The topological polar surface area (TPSA) is 114 Å². The fourth-order valence-electron chi connectivity index (χ4n) is 8.25. The minimum Gasteiger partial charge on any atom is -0.353 e. The summed E-state index contributed by atoms with van der Waals surface area (Å²) < 4.78 is 39.4. The number of imide groups is 1. The van der Waals surface area contributed by atoms with Crippen molar-refractivity contribution in [3.8, 4) is 0 Å². The summed E-state index contributed by atoms with van der Waals surface area (Å²) in [7, 11) is 0. The van der Waals surface area contributed by atoms with Crippen molar-refractivity contribution < 1.29 is 22.8 Å². The molecule has 0 radical (unpaired) electrons. The van der Waals surface area contributed by atoms with Crippen LogP contribution in [0.2, 0.25) is 0 Å². The van der Waals surface area contributed by atoms with Crippen molar-refractivity contribution in [3.05, 3.63) is 121 Å². The maximum atomic E-state index is 15.1. The van der Waals surface area contributed by atoms with Crippen LogP contribution in [0.3, 0.4) is 0 Å². The summed E-state index contributed by atoms with van der Waals surface area (Å²) in [6.07, 6.45) is 7.04. The minimum atomic E-state index is -4.48. The van der Waals surface area contributed by atoms with E-state index in [0.29, 0.717) is 26.2 Å². The predicted molar refractivity (Wildman–Crippen MR) is 220 cm³/mol. The van der Waals surface area contributed by atoms with Gasteiger partial charge in [0.05, 0.1) is 5.69 Å². The van der Waals surface area contributed by atoms with E-state index in [1.807, 2.05) is 74.5 Å². The molecule has 2 atom stereocenters. The monoisotopic (exact) mass is 808 g/mol. The number of urea groups is 1. The quantitative estimate of drug-likeness (QED) is 0.117. The Kier molecular flexibility index (Phi) is 10.8. The number of aromatic nitrogens is 4. The Balaban J connectivity index is 1.09. The van der Waals surface area contributed by atoms with Crippen molar-refractivity contribution in [2.24, 2.45) is 0 Å². The molecule has 4 aromatic heterocycles. The molecule has 300 valence electrons. The molecule has 0 aliphatic carbocycles. The second-order valence-electron chi connectivity index (χ2n) is 14.6. The molecule has 1 aromatic carbocycles. The van der Waals surface area contributed by atoms with Gasteiger partial charge in [-0.15, -0.1) is 0 Å². The maximum Gasteiger partial charge on any atom is 0.446 e. The number of halogens is 3. The van der Waals surface area contributed by atoms with Crippen LogP contribution < -0.4 is 29.8 Å². The molecule has 3 saturated heterocycles. The van der Waals surface area contributed by atoms with E-state index < -0.39 is 34.8 Å². The van der Waals surface area contributed by atoms with E-state index in [-0.39, 0.29) is 22.3 Å². The summed E-state index contributed by atoms with van der Waals surface area (Å²) in [4.78, 5) is 57.5. The largest absolute Gasteiger partial charge is 0.446 e. The predicted octanol–water partition coefficient (Wildman–Crippen LogP) is 6.93. The SMILES string of the molecule is CC(c1ccnc(N2CCN(c3ccccn3)CC2)c1)C1(C(C)c2ccnc(N3CCN(c4ccccn4)CC3)c2)NC(=O)N(c2ccc(SC(F)(F)F)cc2)C1=O. The maximum absolute atomic E-state index is 15.1. The van der Waals surface area contributed by atoms with Crippen LogP contribution in [0, 0.1) is 0 Å². The average Bonchev–Trinajstić information content (AvgIpc) is 3.53. The summed E-state index contributed by atoms with van der Waals surface area (Å²) >= 11 is -0.254. The van der Waals surface area contributed by atoms with E-state index in [2.05, 4.69) is 34.9 Å². The molecular formula is C42H43F3N10O2S. The molecule has 3 fully saturated rings. The molecule has 0 spiro atoms. The Morgan fingerprint density at radius 1 is 0.603 bits per heavy atom. The summed E-state index contributed by atoms with van der Waals surface area (Å²) in [5.74, 6) is 1.73. The van der Waals surface area contributed by atoms with Crippen LogP contribution in [0.25, 0.3) is 0 Å². The number of nitrogens with zero attached hydrogens (tertiary/aromatic N) is 9. The van der Waals surface area contributed by atoms with Crippen LogP contribution in [0.4, 0.5) is 46.9 Å². The first kappa shape index (κ1) is 38.9. The molecule has 3 aliphatic rings. The molecule has 8 rings (SSSR count). The smallest absolute Gasteiger partial charge is 0.353 e. The highest BCUT2D eigenvalue weighted by Gasteiger charge is 2.59. The Morgan fingerprint density at radius 2 is 1.03 bits per heavy atom. The molecule has 16 heteroatoms. The first-order valence-corrected chi connectivity index (χ1v) is 20.1. The second-order valence-corrected chi connectivity index (χ2v) is 15.8. The zero-order valence-electron chi connectivity index (χ0n) is 32.1. The highest BCUT2D eigenvalue weighted by molar-refractivity contribution is 8.00. The van der Waals surface area contributed by atoms with Gasteiger partial charge < -0.3 is 24.9 Å². The van der Waals surface area contributed by atoms with Gasteiger partial charge in [0, 0.05) is 93.9 Å². The number of rotatable bonds is 10. The molecule has 3 aliphatic heterocycles. The van der Waals surface area contributed by atoms with Crippen molar-refractivity contribution >= 4 is 52.7 Å². The summed E-state index contributed by atoms with van der Waals surface area (Å²) in [6.45, 7) is 9.73. The number of hydrogen-bond acceptors (Lipinski definition) is 11. The van der Waals surface area contributed by atoms with Gasteiger partial charge >= 0.3 is 11.5 Å². The lowest BCUT2D eigenvalue weighted by molar-refractivity contribution is -0.123. The molecule has 5 aromatic rings. The highest BCUT2D eigenvalue weighted by Crippen LogP contribution is 2.46. The fourth-order valence-corrected chi connectivity index (χ4v) is 8.79. The number of thioether (sulfide) groups is 1. The summed E-state index contributed by atoms with van der Waals surface area (Å²) in [6, 6.07) is 24.1. The van der Waals surface area contributed by atoms with Gasteiger partial charge in [-0.1, -0.05) is 26.0 Å². The third-order valence-electron chi connectivity index (χ3n) is 11.5. The first-order chi connectivity index (χ1) is 28.0. The van der Waals surface area contributed by atoms with Gasteiger partial charge in [0.2, 0.25) is 0 Å². The van der Waals surface area contributed by atoms with Crippen LogP contribution in [-0.4, -0.2) is 95.3 Å². The molecule has 0 bridgehead atoms. The summed E-state index contributed by atoms with van der Waals surface area (Å²) in [5, 5.41) is 3.12. The number of piperazine rings is 2. The number of nitrogens with one attached hydrogen (secondary N) is 1. The first-order valence-electron chi connectivity index (χ1n) is 19.3. The van der Waals surface area contributed by atoms with Gasteiger partial charge in [0.15, 0.2) is 0 Å². The standard InChI is InChI=1S/C42H43F3N10O2S/c1-29(31-13-17-48-37(27-31)53-23-19-51(20-24-53)35-7-3-5-15-46-35)41(39(56)55(40(57)50-41)33-9-11-34(12-10-33)58-42(43,44)45)30(2)32-14-18-49-38(28-32)54-25-21-52(22-26-54)36-8-4-6-16-47-36/h3-18,27-30H,19-26H2,1-2H3,(H,50,57). The normalized spacial score (nSPS) is 20.0. The minimum absolute atomic E-state index is 0.0494. The molecule has 58 heavy (non-hydrogen) atoms. The van der Waals surface area contributed by atoms with E-state index >= 15 is 4.79 Å². The van der Waals surface area contributed by atoms with Gasteiger partial charge in [-0.3, -0.25) is 4.79 Å². The van der Waals surface area contributed by atoms with Crippen molar-refractivity contribution in [2.75, 3.05) is 76.9 Å². The number of pyridine rings is 4. The highest BCUT2D eigenvalue weighted by atomic mass is 32.2. The Morgan fingerprint density at radius 3 is 1.45 bits per heavy atom. The second kappa shape index (κ2) is 16.2.